The Bertz CT molecular complexity index is 654. The summed E-state index contributed by atoms with van der Waals surface area (Å²) in [6.07, 6.45) is 4.19. The molecule has 1 heterocycles. The van der Waals surface area contributed by atoms with Gasteiger partial charge in [0.25, 0.3) is 0 Å². The third-order valence-electron chi connectivity index (χ3n) is 4.67. The Labute approximate surface area is 125 Å². The molecule has 0 saturated heterocycles. The number of carbonyl (C=O) groups excluding carboxylic acids is 1. The van der Waals surface area contributed by atoms with E-state index in [1.165, 1.54) is 0 Å². The lowest BCUT2D eigenvalue weighted by atomic mass is 9.92. The fourth-order valence-corrected chi connectivity index (χ4v) is 3.42. The predicted octanol–water partition coefficient (Wildman–Crippen LogP) is 3.13. The Morgan fingerprint density at radius 2 is 2.05 bits per heavy atom. The van der Waals surface area contributed by atoms with Crippen LogP contribution in [0.1, 0.15) is 38.3 Å². The lowest BCUT2D eigenvalue weighted by Gasteiger charge is -2.25. The molecule has 0 atom stereocenters. The van der Waals surface area contributed by atoms with Crippen LogP contribution in [0.3, 0.4) is 0 Å². The lowest BCUT2D eigenvalue weighted by molar-refractivity contribution is -0.139. The van der Waals surface area contributed by atoms with Gasteiger partial charge in [0.15, 0.2) is 5.78 Å². The molecule has 1 aliphatic rings. The molecule has 21 heavy (non-hydrogen) atoms. The first-order valence-electron chi connectivity index (χ1n) is 7.73. The first-order valence-corrected chi connectivity index (χ1v) is 7.73. The molecule has 112 valence electrons. The van der Waals surface area contributed by atoms with E-state index in [4.69, 9.17) is 4.74 Å². The van der Waals surface area contributed by atoms with E-state index in [1.807, 2.05) is 22.9 Å². The van der Waals surface area contributed by atoms with E-state index in [2.05, 4.69) is 18.1 Å². The molecule has 0 radical (unpaired) electrons. The van der Waals surface area contributed by atoms with Crippen molar-refractivity contribution >= 4 is 16.7 Å². The van der Waals surface area contributed by atoms with Gasteiger partial charge in [-0.1, -0.05) is 18.2 Å². The minimum atomic E-state index is -0.572. The number of Topliss-reactive ketones (excluding diaryl/α,β-unsaturated/α-hetero) is 1. The van der Waals surface area contributed by atoms with Crippen LogP contribution in [-0.2, 0) is 22.5 Å². The number of carbonyl (C=O) groups is 1. The molecule has 0 bridgehead atoms. The van der Waals surface area contributed by atoms with E-state index < -0.39 is 5.60 Å². The third-order valence-corrected chi connectivity index (χ3v) is 4.67. The number of nitrogens with zero attached hydrogens (tertiary/aromatic N) is 2. The monoisotopic (exact) mass is 286 g/mol. The van der Waals surface area contributed by atoms with E-state index in [9.17, 15) is 4.79 Å². The van der Waals surface area contributed by atoms with Crippen molar-refractivity contribution in [1.29, 1.82) is 0 Å². The molecule has 1 saturated carbocycles. The van der Waals surface area contributed by atoms with Gasteiger partial charge < -0.3 is 4.74 Å². The fraction of sp³-hybridized carbons (Fsp3) is 0.529. The molecule has 1 fully saturated rings. The number of fused-ring (bicyclic) bond motifs is 1. The van der Waals surface area contributed by atoms with Crippen LogP contribution in [-0.4, -0.2) is 28.3 Å². The molecule has 4 heteroatoms. The summed E-state index contributed by atoms with van der Waals surface area (Å²) in [5.41, 5.74) is 1.40. The number of aryl methyl sites for hydroxylation is 1. The predicted molar refractivity (Wildman–Crippen MR) is 82.3 cm³/mol. The maximum atomic E-state index is 12.7. The standard InChI is InChI=1S/C17H22N2O2/c1-3-19-15-9-5-4-8-13(15)14(18-19)12-16(20)17(21-2)10-6-7-11-17/h4-5,8-9H,3,6-7,10-12H2,1-2H3. The first-order chi connectivity index (χ1) is 10.2. The van der Waals surface area contributed by atoms with E-state index in [-0.39, 0.29) is 5.78 Å². The van der Waals surface area contributed by atoms with Crippen molar-refractivity contribution in [3.63, 3.8) is 0 Å². The zero-order chi connectivity index (χ0) is 14.9. The molecule has 0 aliphatic heterocycles. The highest BCUT2D eigenvalue weighted by Crippen LogP contribution is 2.34. The van der Waals surface area contributed by atoms with Gasteiger partial charge in [0.05, 0.1) is 17.6 Å². The second-order valence-corrected chi connectivity index (χ2v) is 5.79. The average molecular weight is 286 g/mol. The van der Waals surface area contributed by atoms with Gasteiger partial charge in [-0.2, -0.15) is 5.10 Å². The van der Waals surface area contributed by atoms with Crippen LogP contribution in [0.25, 0.3) is 10.9 Å². The fourth-order valence-electron chi connectivity index (χ4n) is 3.42. The molecule has 3 rings (SSSR count). The van der Waals surface area contributed by atoms with Gasteiger partial charge in [-0.05, 0) is 38.7 Å². The summed E-state index contributed by atoms with van der Waals surface area (Å²) < 4.78 is 7.56. The molecule has 0 N–H and O–H groups in total. The van der Waals surface area contributed by atoms with Crippen LogP contribution in [0.2, 0.25) is 0 Å². The number of para-hydroxylation sites is 1. The molecule has 0 amide bonds. The van der Waals surface area contributed by atoms with Crippen molar-refractivity contribution in [2.24, 2.45) is 0 Å². The minimum absolute atomic E-state index is 0.175. The number of hydrogen-bond donors (Lipinski definition) is 0. The maximum Gasteiger partial charge on any atom is 0.170 e. The quantitative estimate of drug-likeness (QED) is 0.848. The number of methoxy groups -OCH3 is 1. The maximum absolute atomic E-state index is 12.7. The molecule has 1 aromatic carbocycles. The first kappa shape index (κ1) is 14.3. The van der Waals surface area contributed by atoms with Crippen LogP contribution in [0.15, 0.2) is 24.3 Å². The van der Waals surface area contributed by atoms with Gasteiger partial charge in [0.2, 0.25) is 0 Å². The number of aromatic nitrogens is 2. The van der Waals surface area contributed by atoms with Crippen LogP contribution in [0.5, 0.6) is 0 Å². The Kier molecular flexibility index (Phi) is 3.81. The highest BCUT2D eigenvalue weighted by atomic mass is 16.5. The zero-order valence-electron chi connectivity index (χ0n) is 12.8. The normalized spacial score (nSPS) is 17.4. The average Bonchev–Trinajstić information content (AvgIpc) is 3.13. The van der Waals surface area contributed by atoms with E-state index >= 15 is 0 Å². The molecule has 1 aliphatic carbocycles. The van der Waals surface area contributed by atoms with Crippen molar-refractivity contribution in [1.82, 2.24) is 9.78 Å². The number of ketones is 1. The van der Waals surface area contributed by atoms with E-state index in [0.29, 0.717) is 6.42 Å². The summed E-state index contributed by atoms with van der Waals surface area (Å²) in [7, 11) is 1.66. The number of benzene rings is 1. The smallest absolute Gasteiger partial charge is 0.170 e. The molecule has 4 nitrogen and oxygen atoms in total. The van der Waals surface area contributed by atoms with Gasteiger partial charge in [0, 0.05) is 19.0 Å². The summed E-state index contributed by atoms with van der Waals surface area (Å²) in [6, 6.07) is 8.11. The Balaban J connectivity index is 1.93. The van der Waals surface area contributed by atoms with Crippen molar-refractivity contribution < 1.29 is 9.53 Å². The van der Waals surface area contributed by atoms with Gasteiger partial charge >= 0.3 is 0 Å². The highest BCUT2D eigenvalue weighted by molar-refractivity contribution is 5.93. The Hall–Kier alpha value is -1.68. The molecule has 2 aromatic rings. The lowest BCUT2D eigenvalue weighted by Crippen LogP contribution is -2.39. The van der Waals surface area contributed by atoms with Crippen LogP contribution in [0, 0.1) is 0 Å². The van der Waals surface area contributed by atoms with Crippen molar-refractivity contribution in [2.45, 2.75) is 51.2 Å². The molecule has 1 aromatic heterocycles. The molecule has 0 spiro atoms. The van der Waals surface area contributed by atoms with Gasteiger partial charge in [-0.3, -0.25) is 9.48 Å². The molecule has 0 unspecified atom stereocenters. The minimum Gasteiger partial charge on any atom is -0.370 e. The van der Waals surface area contributed by atoms with Crippen LogP contribution >= 0.6 is 0 Å². The van der Waals surface area contributed by atoms with Crippen molar-refractivity contribution in [2.75, 3.05) is 7.11 Å². The number of rotatable bonds is 5. The van der Waals surface area contributed by atoms with Crippen molar-refractivity contribution in [3.8, 4) is 0 Å². The number of ether oxygens (including phenoxy) is 1. The summed E-state index contributed by atoms with van der Waals surface area (Å²) >= 11 is 0. The second-order valence-electron chi connectivity index (χ2n) is 5.79. The van der Waals surface area contributed by atoms with Gasteiger partial charge in [0.1, 0.15) is 5.60 Å². The molecular weight excluding hydrogens is 264 g/mol. The summed E-state index contributed by atoms with van der Waals surface area (Å²) in [5, 5.41) is 5.71. The number of hydrogen-bond acceptors (Lipinski definition) is 3. The van der Waals surface area contributed by atoms with Gasteiger partial charge in [-0.15, -0.1) is 0 Å². The zero-order valence-corrected chi connectivity index (χ0v) is 12.8. The van der Waals surface area contributed by atoms with Crippen molar-refractivity contribution in [3.05, 3.63) is 30.0 Å². The van der Waals surface area contributed by atoms with Crippen LogP contribution < -0.4 is 0 Å². The third kappa shape index (κ3) is 2.38. The topological polar surface area (TPSA) is 44.1 Å². The second kappa shape index (κ2) is 5.60. The van der Waals surface area contributed by atoms with Crippen LogP contribution in [0.4, 0.5) is 0 Å². The van der Waals surface area contributed by atoms with E-state index in [0.717, 1.165) is 48.8 Å². The van der Waals surface area contributed by atoms with E-state index in [1.54, 1.807) is 7.11 Å². The summed E-state index contributed by atoms with van der Waals surface area (Å²) in [4.78, 5) is 12.7. The largest absolute Gasteiger partial charge is 0.370 e. The Morgan fingerprint density at radius 1 is 1.33 bits per heavy atom. The SMILES string of the molecule is CCn1nc(CC(=O)C2(OC)CCCC2)c2ccccc21. The summed E-state index contributed by atoms with van der Waals surface area (Å²) in [6.45, 7) is 2.88. The van der Waals surface area contributed by atoms with Gasteiger partial charge in [-0.25, -0.2) is 0 Å². The summed E-state index contributed by atoms with van der Waals surface area (Å²) in [5.74, 6) is 0.175. The highest BCUT2D eigenvalue weighted by Gasteiger charge is 2.41. The Morgan fingerprint density at radius 3 is 2.71 bits per heavy atom. The molecular formula is C17H22N2O2.